The number of pyridine rings is 2. The second kappa shape index (κ2) is 23.3. The number of amides is 2. The van der Waals surface area contributed by atoms with Gasteiger partial charge in [-0.25, -0.2) is 9.97 Å². The van der Waals surface area contributed by atoms with Crippen molar-refractivity contribution in [2.75, 3.05) is 75.2 Å². The molecule has 12 rings (SSSR count). The van der Waals surface area contributed by atoms with Crippen molar-refractivity contribution in [1.29, 1.82) is 0 Å². The largest absolute Gasteiger partial charge is 0.507 e. The molecule has 5 aromatic heterocycles. The number of aromatic amines is 1. The Bertz CT molecular complexity index is 3440. The van der Waals surface area contributed by atoms with Crippen LogP contribution in [0.25, 0.3) is 32.7 Å². The third kappa shape index (κ3) is 11.7. The van der Waals surface area contributed by atoms with Crippen LogP contribution in [0.1, 0.15) is 93.0 Å². The van der Waals surface area contributed by atoms with Gasteiger partial charge < -0.3 is 49.4 Å². The number of likely N-dealkylation sites (tertiary alicyclic amines) is 2. The normalized spacial score (nSPS) is 21.7. The van der Waals surface area contributed by atoms with Gasteiger partial charge in [-0.2, -0.15) is 0 Å². The number of hydrogen-bond donors (Lipinski definition) is 4. The van der Waals surface area contributed by atoms with Gasteiger partial charge in [0.25, 0.3) is 5.56 Å². The highest BCUT2D eigenvalue weighted by Gasteiger charge is 2.44. The number of β-amino-alcohol motifs (C(OH)–C–C–N with tert-alkyl or cyclic N) is 1. The van der Waals surface area contributed by atoms with Crippen molar-refractivity contribution in [3.8, 4) is 33.3 Å². The number of aryl methyl sites for hydroxylation is 1. The van der Waals surface area contributed by atoms with Crippen LogP contribution >= 0.6 is 11.3 Å². The summed E-state index contributed by atoms with van der Waals surface area (Å²) in [4.78, 5) is 65.7. The van der Waals surface area contributed by atoms with E-state index in [1.165, 1.54) is 17.7 Å². The average Bonchev–Trinajstić information content (AvgIpc) is 4.29. The van der Waals surface area contributed by atoms with E-state index in [0.29, 0.717) is 65.5 Å². The predicted molar refractivity (Wildman–Crippen MR) is 310 cm³/mol. The number of phenolic OH excluding ortho intramolecular Hbond substituents is 1. The molecule has 424 valence electrons. The van der Waals surface area contributed by atoms with Crippen LogP contribution < -0.4 is 25.4 Å². The number of piperazine rings is 1. The lowest BCUT2D eigenvalue weighted by Gasteiger charge is -2.42. The van der Waals surface area contributed by atoms with Crippen molar-refractivity contribution in [3.63, 3.8) is 0 Å². The number of rotatable bonds is 16. The van der Waals surface area contributed by atoms with E-state index in [2.05, 4.69) is 55.2 Å². The molecule has 5 aliphatic rings. The van der Waals surface area contributed by atoms with Crippen LogP contribution in [0, 0.1) is 24.7 Å². The lowest BCUT2D eigenvalue weighted by molar-refractivity contribution is -0.141. The van der Waals surface area contributed by atoms with Crippen molar-refractivity contribution in [2.45, 2.75) is 103 Å². The Morgan fingerprint density at radius 1 is 0.864 bits per heavy atom. The van der Waals surface area contributed by atoms with E-state index in [4.69, 9.17) is 9.26 Å². The van der Waals surface area contributed by atoms with E-state index < -0.39 is 18.1 Å². The Labute approximate surface area is 475 Å². The number of aliphatic hydroxyl groups excluding tert-OH is 1. The molecule has 4 fully saturated rings. The number of carbonyl (C=O) groups is 2. The zero-order valence-corrected chi connectivity index (χ0v) is 47.4. The number of para-hydroxylation sites is 1. The van der Waals surface area contributed by atoms with E-state index >= 15 is 0 Å². The van der Waals surface area contributed by atoms with Gasteiger partial charge >= 0.3 is 0 Å². The number of carbonyl (C=O) groups excluding carboxylic acids is 2. The molecule has 9 heterocycles. The van der Waals surface area contributed by atoms with Crippen molar-refractivity contribution >= 4 is 45.7 Å². The Kier molecular flexibility index (Phi) is 15.6. The molecule has 2 amide bonds. The third-order valence-electron chi connectivity index (χ3n) is 17.5. The van der Waals surface area contributed by atoms with Crippen molar-refractivity contribution < 1.29 is 29.1 Å². The van der Waals surface area contributed by atoms with Crippen molar-refractivity contribution in [3.05, 3.63) is 123 Å². The van der Waals surface area contributed by atoms with Crippen LogP contribution in [0.5, 0.6) is 11.6 Å². The molecule has 1 saturated carbocycles. The van der Waals surface area contributed by atoms with E-state index in [0.717, 1.165) is 109 Å². The first-order valence-corrected chi connectivity index (χ1v) is 29.7. The summed E-state index contributed by atoms with van der Waals surface area (Å²) >= 11 is 1.60. The summed E-state index contributed by atoms with van der Waals surface area (Å²) < 4.78 is 12.4. The fraction of sp³-hybridized carbons (Fsp3) is 0.475. The third-order valence-corrected chi connectivity index (χ3v) is 18.5. The van der Waals surface area contributed by atoms with Gasteiger partial charge in [0.1, 0.15) is 23.8 Å². The number of piperidine rings is 1. The lowest BCUT2D eigenvalue weighted by atomic mass is 9.81. The van der Waals surface area contributed by atoms with E-state index in [1.54, 1.807) is 29.7 Å². The fourth-order valence-corrected chi connectivity index (χ4v) is 13.7. The zero-order chi connectivity index (χ0) is 55.9. The molecule has 2 aromatic carbocycles. The first-order valence-electron chi connectivity index (χ1n) is 28.8. The summed E-state index contributed by atoms with van der Waals surface area (Å²) in [5, 5.41) is 38.3. The Morgan fingerprint density at radius 2 is 1.63 bits per heavy atom. The highest BCUT2D eigenvalue weighted by atomic mass is 32.1. The average molecular weight is 1120 g/mol. The van der Waals surface area contributed by atoms with Gasteiger partial charge in [0.05, 0.1) is 33.9 Å². The quantitative estimate of drug-likeness (QED) is 0.0743. The molecule has 19 nitrogen and oxygen atoms in total. The minimum Gasteiger partial charge on any atom is -0.507 e. The number of aromatic hydroxyl groups is 1. The summed E-state index contributed by atoms with van der Waals surface area (Å²) in [5.74, 6) is 1.89. The SMILES string of the molecule is Cc1ncsc1-c1ccc([C@H](C)NC(=O)[C@@H]2C[C@@H](O)CN2C(=O)[C@@H](c2cc(N3CCN(CC4CCN(CC5CC(Oc6cc(N7CCc8c(c(=O)[nH]c9nnc(-c%10ccccc%10O)cc89)C7)ccn6)C5)CC4)CC3)no2)C(C)C)cc1. The molecule has 0 radical (unpaired) electrons. The number of aliphatic hydroxyl groups is 1. The van der Waals surface area contributed by atoms with Gasteiger partial charge in [-0.15, -0.1) is 21.5 Å². The molecule has 4 N–H and O–H groups in total. The summed E-state index contributed by atoms with van der Waals surface area (Å²) in [5.41, 5.74) is 8.91. The second-order valence-electron chi connectivity index (χ2n) is 23.4. The Morgan fingerprint density at radius 3 is 2.38 bits per heavy atom. The molecule has 4 atom stereocenters. The summed E-state index contributed by atoms with van der Waals surface area (Å²) in [6, 6.07) is 21.8. The number of phenols is 1. The number of thiazole rings is 1. The minimum absolute atomic E-state index is 0.0816. The molecule has 7 aromatic rings. The first kappa shape index (κ1) is 54.3. The molecular weight excluding hydrogens is 1040 g/mol. The predicted octanol–water partition coefficient (Wildman–Crippen LogP) is 7.34. The van der Waals surface area contributed by atoms with Gasteiger partial charge in [0, 0.05) is 106 Å². The molecule has 3 saturated heterocycles. The van der Waals surface area contributed by atoms with Gasteiger partial charge in [-0.1, -0.05) is 55.4 Å². The highest BCUT2D eigenvalue weighted by molar-refractivity contribution is 7.13. The number of ether oxygens (including phenoxy) is 1. The van der Waals surface area contributed by atoms with E-state index in [9.17, 15) is 24.6 Å². The monoisotopic (exact) mass is 1120 g/mol. The number of H-pyrrole nitrogens is 1. The smallest absolute Gasteiger partial charge is 0.254 e. The number of hydrogen-bond acceptors (Lipinski definition) is 17. The first-order chi connectivity index (χ1) is 39.3. The number of nitrogens with zero attached hydrogens (tertiary/aromatic N) is 10. The van der Waals surface area contributed by atoms with Crippen LogP contribution in [0.4, 0.5) is 11.5 Å². The molecule has 4 aliphatic heterocycles. The molecule has 81 heavy (non-hydrogen) atoms. The number of benzene rings is 2. The summed E-state index contributed by atoms with van der Waals surface area (Å²) in [6.07, 6.45) is 6.34. The molecule has 20 heteroatoms. The molecule has 0 bridgehead atoms. The van der Waals surface area contributed by atoms with Gasteiger partial charge in [0.15, 0.2) is 17.2 Å². The van der Waals surface area contributed by atoms with Crippen LogP contribution in [0.3, 0.4) is 0 Å². The standard InChI is InChI=1S/C61H72N12O7S/c1-36(2)56(61(78)73-33-44(74)28-51(73)60(77)64-37(3)41-9-11-42(12-10-41)57-38(4)63-35-81-57)53-30-54(68-80-53)71-23-21-70(22-24-71)31-39-14-18-69(19-15-39)32-40-25-45(26-40)79-55-27-43(13-17-62-55)72-20-16-46-48-29-50(47-7-5-6-8-52(47)75)66-67-58(48)65-59(76)49(46)34-72/h5-13,17,27,29-30,35-37,39-40,44-45,51,56,74-75H,14-16,18-26,28,31-34H2,1-4H3,(H,64,77)(H,65,67,76)/t37-,40?,44+,45?,51-,56+/m0/s1. The molecular formula is C61H72N12O7S. The maximum Gasteiger partial charge on any atom is 0.254 e. The van der Waals surface area contributed by atoms with Crippen LogP contribution in [-0.4, -0.2) is 151 Å². The number of anilines is 2. The van der Waals surface area contributed by atoms with Gasteiger partial charge in [0.2, 0.25) is 17.7 Å². The Hall–Kier alpha value is -7.26. The van der Waals surface area contributed by atoms with Gasteiger partial charge in [-0.05, 0) is 118 Å². The number of nitrogens with one attached hydrogen (secondary N) is 2. The zero-order valence-electron chi connectivity index (χ0n) is 46.5. The fourth-order valence-electron chi connectivity index (χ4n) is 12.9. The lowest BCUT2D eigenvalue weighted by Crippen LogP contribution is -2.49. The maximum atomic E-state index is 14.4. The van der Waals surface area contributed by atoms with Crippen LogP contribution in [0.15, 0.2) is 93.8 Å². The molecule has 0 spiro atoms. The summed E-state index contributed by atoms with van der Waals surface area (Å²) in [7, 11) is 0. The van der Waals surface area contributed by atoms with Crippen LogP contribution in [0.2, 0.25) is 0 Å². The van der Waals surface area contributed by atoms with E-state index in [1.807, 2.05) is 93.9 Å². The second-order valence-corrected chi connectivity index (χ2v) is 24.2. The summed E-state index contributed by atoms with van der Waals surface area (Å²) in [6.45, 7) is 17.0. The number of fused-ring (bicyclic) bond motifs is 3. The topological polar surface area (TPSA) is 223 Å². The van der Waals surface area contributed by atoms with Gasteiger partial charge in [-0.3, -0.25) is 19.3 Å². The Balaban J connectivity index is 0.571. The molecule has 1 aliphatic carbocycles. The highest BCUT2D eigenvalue weighted by Crippen LogP contribution is 2.37. The van der Waals surface area contributed by atoms with Crippen molar-refractivity contribution in [1.82, 2.24) is 50.3 Å². The molecule has 0 unspecified atom stereocenters. The van der Waals surface area contributed by atoms with Crippen molar-refractivity contribution in [2.24, 2.45) is 17.8 Å². The maximum absolute atomic E-state index is 14.4. The minimum atomic E-state index is -0.805. The van der Waals surface area contributed by atoms with E-state index in [-0.39, 0.29) is 54.2 Å². The number of aromatic nitrogens is 6. The van der Waals surface area contributed by atoms with Crippen LogP contribution in [-0.2, 0) is 22.6 Å².